The van der Waals surface area contributed by atoms with E-state index in [0.717, 1.165) is 24.0 Å². The summed E-state index contributed by atoms with van der Waals surface area (Å²) in [5.74, 6) is 0.219. The van der Waals surface area contributed by atoms with Gasteiger partial charge in [0.15, 0.2) is 0 Å². The average molecular weight is 289 g/mol. The number of hydrogen-bond acceptors (Lipinski definition) is 2. The second-order valence-corrected chi connectivity index (χ2v) is 6.79. The highest BCUT2D eigenvalue weighted by molar-refractivity contribution is 5.83. The summed E-state index contributed by atoms with van der Waals surface area (Å²) >= 11 is 0. The number of nitrogens with zero attached hydrogens (tertiary/aromatic N) is 1. The number of hydrogen-bond donors (Lipinski definition) is 0. The first-order valence-electron chi connectivity index (χ1n) is 8.04. The van der Waals surface area contributed by atoms with Gasteiger partial charge in [-0.1, -0.05) is 12.5 Å². The summed E-state index contributed by atoms with van der Waals surface area (Å²) in [6, 6.07) is 5.88. The van der Waals surface area contributed by atoms with Gasteiger partial charge in [0.1, 0.15) is 11.6 Å². The van der Waals surface area contributed by atoms with Gasteiger partial charge in [-0.2, -0.15) is 0 Å². The molecule has 114 valence electrons. The van der Waals surface area contributed by atoms with Crippen molar-refractivity contribution in [2.75, 3.05) is 7.05 Å². The molecule has 21 heavy (non-hydrogen) atoms. The zero-order valence-electron chi connectivity index (χ0n) is 12.9. The van der Waals surface area contributed by atoms with E-state index in [1.807, 2.05) is 6.92 Å². The molecule has 2 aliphatic rings. The van der Waals surface area contributed by atoms with Crippen LogP contribution in [-0.2, 0) is 11.2 Å². The number of rotatable bonds is 3. The smallest absolute Gasteiger partial charge is 0.140 e. The highest BCUT2D eigenvalue weighted by atomic mass is 19.1. The molecule has 2 bridgehead atoms. The summed E-state index contributed by atoms with van der Waals surface area (Å²) in [7, 11) is 2.20. The molecular formula is C18H24FNO. The number of halogens is 1. The van der Waals surface area contributed by atoms with Crippen LogP contribution in [0.2, 0.25) is 0 Å². The maximum absolute atomic E-state index is 13.4. The fourth-order valence-corrected chi connectivity index (χ4v) is 4.04. The summed E-state index contributed by atoms with van der Waals surface area (Å²) < 4.78 is 13.4. The number of benzene rings is 1. The molecule has 0 N–H and O–H groups in total. The van der Waals surface area contributed by atoms with Crippen molar-refractivity contribution >= 4 is 5.78 Å². The van der Waals surface area contributed by atoms with Crippen molar-refractivity contribution in [1.29, 1.82) is 0 Å². The maximum atomic E-state index is 13.4. The van der Waals surface area contributed by atoms with Crippen LogP contribution >= 0.6 is 0 Å². The highest BCUT2D eigenvalue weighted by Gasteiger charge is 2.38. The van der Waals surface area contributed by atoms with Crippen molar-refractivity contribution in [2.24, 2.45) is 5.92 Å². The van der Waals surface area contributed by atoms with Crippen molar-refractivity contribution in [2.45, 2.75) is 57.5 Å². The summed E-state index contributed by atoms with van der Waals surface area (Å²) in [6.45, 7) is 1.95. The van der Waals surface area contributed by atoms with Crippen LogP contribution in [0.4, 0.5) is 4.39 Å². The Morgan fingerprint density at radius 2 is 1.95 bits per heavy atom. The average Bonchev–Trinajstić information content (AvgIpc) is 2.42. The Bertz CT molecular complexity index is 528. The predicted octanol–water partition coefficient (Wildman–Crippen LogP) is 3.51. The second kappa shape index (κ2) is 5.88. The van der Waals surface area contributed by atoms with Crippen LogP contribution in [0.15, 0.2) is 18.2 Å². The number of carbonyl (C=O) groups is 1. The van der Waals surface area contributed by atoms with Crippen LogP contribution < -0.4 is 0 Å². The lowest BCUT2D eigenvalue weighted by molar-refractivity contribution is -0.125. The van der Waals surface area contributed by atoms with Crippen LogP contribution in [-0.4, -0.2) is 29.8 Å². The molecule has 2 aliphatic heterocycles. The molecule has 2 nitrogen and oxygen atoms in total. The Balaban J connectivity index is 1.70. The van der Waals surface area contributed by atoms with E-state index >= 15 is 0 Å². The van der Waals surface area contributed by atoms with E-state index in [4.69, 9.17) is 0 Å². The Hall–Kier alpha value is -1.22. The van der Waals surface area contributed by atoms with E-state index in [1.54, 1.807) is 6.07 Å². The molecule has 0 aliphatic carbocycles. The molecular weight excluding hydrogens is 265 g/mol. The van der Waals surface area contributed by atoms with Crippen molar-refractivity contribution in [3.8, 4) is 0 Å². The van der Waals surface area contributed by atoms with Crippen molar-refractivity contribution in [3.05, 3.63) is 35.1 Å². The Morgan fingerprint density at radius 3 is 2.62 bits per heavy atom. The molecule has 2 heterocycles. The molecule has 0 spiro atoms. The fraction of sp³-hybridized carbons (Fsp3) is 0.611. The molecule has 2 fully saturated rings. The third kappa shape index (κ3) is 3.03. The van der Waals surface area contributed by atoms with E-state index in [0.29, 0.717) is 24.3 Å². The number of ketones is 1. The van der Waals surface area contributed by atoms with Gasteiger partial charge in [-0.3, -0.25) is 4.79 Å². The van der Waals surface area contributed by atoms with Gasteiger partial charge in [-0.05, 0) is 62.9 Å². The first kappa shape index (κ1) is 14.7. The van der Waals surface area contributed by atoms with Gasteiger partial charge in [-0.25, -0.2) is 4.39 Å². The Morgan fingerprint density at radius 1 is 1.29 bits per heavy atom. The van der Waals surface area contributed by atoms with Crippen LogP contribution in [0.25, 0.3) is 0 Å². The van der Waals surface area contributed by atoms with Gasteiger partial charge in [0.05, 0.1) is 0 Å². The van der Waals surface area contributed by atoms with E-state index in [2.05, 4.69) is 11.9 Å². The molecule has 0 aromatic heterocycles. The highest BCUT2D eigenvalue weighted by Crippen LogP contribution is 2.36. The van der Waals surface area contributed by atoms with Crippen LogP contribution in [0.5, 0.6) is 0 Å². The van der Waals surface area contributed by atoms with Gasteiger partial charge in [0, 0.05) is 24.4 Å². The zero-order chi connectivity index (χ0) is 15.0. The summed E-state index contributed by atoms with van der Waals surface area (Å²) in [5.41, 5.74) is 1.86. The van der Waals surface area contributed by atoms with Crippen LogP contribution in [0, 0.1) is 18.7 Å². The van der Waals surface area contributed by atoms with Gasteiger partial charge >= 0.3 is 0 Å². The van der Waals surface area contributed by atoms with E-state index in [1.165, 1.54) is 31.4 Å². The molecule has 2 unspecified atom stereocenters. The minimum absolute atomic E-state index is 0.166. The zero-order valence-corrected chi connectivity index (χ0v) is 12.9. The standard InChI is InChI=1S/C18H24FNO/c1-12-6-7-15(19)8-13(12)11-18(21)14-9-16-4-3-5-17(10-14)20(16)2/h6-8,14,16-17H,3-5,9-11H2,1-2H3. The lowest BCUT2D eigenvalue weighted by Crippen LogP contribution is -2.51. The molecule has 3 rings (SSSR count). The fourth-order valence-electron chi connectivity index (χ4n) is 4.04. The van der Waals surface area contributed by atoms with E-state index < -0.39 is 0 Å². The maximum Gasteiger partial charge on any atom is 0.140 e. The van der Waals surface area contributed by atoms with Crippen molar-refractivity contribution < 1.29 is 9.18 Å². The molecule has 2 atom stereocenters. The van der Waals surface area contributed by atoms with Gasteiger partial charge in [0.2, 0.25) is 0 Å². The monoisotopic (exact) mass is 289 g/mol. The van der Waals surface area contributed by atoms with Gasteiger partial charge < -0.3 is 4.90 Å². The third-order valence-electron chi connectivity index (χ3n) is 5.47. The van der Waals surface area contributed by atoms with Crippen molar-refractivity contribution in [1.82, 2.24) is 4.90 Å². The number of Topliss-reactive ketones (excluding diaryl/α,β-unsaturated/α-hetero) is 1. The number of carbonyl (C=O) groups excluding carboxylic acids is 1. The van der Waals surface area contributed by atoms with Crippen LogP contribution in [0.3, 0.4) is 0 Å². The first-order chi connectivity index (χ1) is 10.0. The molecule has 3 heteroatoms. The topological polar surface area (TPSA) is 20.3 Å². The Labute approximate surface area is 126 Å². The van der Waals surface area contributed by atoms with Crippen LogP contribution in [0.1, 0.15) is 43.2 Å². The molecule has 1 aromatic rings. The largest absolute Gasteiger partial charge is 0.300 e. The molecule has 2 saturated heterocycles. The molecule has 0 radical (unpaired) electrons. The normalized spacial score (nSPS) is 29.4. The third-order valence-corrected chi connectivity index (χ3v) is 5.47. The van der Waals surface area contributed by atoms with Crippen molar-refractivity contribution in [3.63, 3.8) is 0 Å². The number of piperidine rings is 2. The lowest BCUT2D eigenvalue weighted by Gasteiger charge is -2.46. The van der Waals surface area contributed by atoms with Gasteiger partial charge in [-0.15, -0.1) is 0 Å². The molecule has 1 aromatic carbocycles. The molecule has 0 amide bonds. The predicted molar refractivity (Wildman–Crippen MR) is 81.8 cm³/mol. The summed E-state index contributed by atoms with van der Waals surface area (Å²) in [6.07, 6.45) is 6.09. The Kier molecular flexibility index (Phi) is 4.12. The second-order valence-electron chi connectivity index (χ2n) is 6.79. The minimum atomic E-state index is -0.247. The first-order valence-corrected chi connectivity index (χ1v) is 8.04. The number of fused-ring (bicyclic) bond motifs is 2. The van der Waals surface area contributed by atoms with E-state index in [9.17, 15) is 9.18 Å². The number of aryl methyl sites for hydroxylation is 1. The van der Waals surface area contributed by atoms with E-state index in [-0.39, 0.29) is 11.7 Å². The summed E-state index contributed by atoms with van der Waals surface area (Å²) in [4.78, 5) is 15.1. The summed E-state index contributed by atoms with van der Waals surface area (Å²) in [5, 5.41) is 0. The SMILES string of the molecule is Cc1ccc(F)cc1CC(=O)C1CC2CCCC(C1)N2C. The molecule has 0 saturated carbocycles. The van der Waals surface area contributed by atoms with Gasteiger partial charge in [0.25, 0.3) is 0 Å². The lowest BCUT2D eigenvalue weighted by atomic mass is 9.76. The minimum Gasteiger partial charge on any atom is -0.300 e. The quantitative estimate of drug-likeness (QED) is 0.848.